The van der Waals surface area contributed by atoms with Crippen LogP contribution in [0.5, 0.6) is 0 Å². The summed E-state index contributed by atoms with van der Waals surface area (Å²) >= 11 is -22.5. The van der Waals surface area contributed by atoms with Crippen molar-refractivity contribution in [3.05, 3.63) is 0 Å². The molecule has 0 saturated carbocycles. The van der Waals surface area contributed by atoms with Crippen LogP contribution in [0.4, 0.5) is 60.1 Å². The van der Waals surface area contributed by atoms with Crippen molar-refractivity contribution >= 4 is 50.7 Å². The number of aliphatic hydroxyl groups is 2. The van der Waals surface area contributed by atoms with Gasteiger partial charge in [-0.25, -0.2) is 9.98 Å². The molecule has 2 N–H and O–H groups in total. The summed E-state index contributed by atoms with van der Waals surface area (Å²) < 4.78 is 194. The van der Waals surface area contributed by atoms with Gasteiger partial charge in [0.15, 0.2) is 11.8 Å². The first-order valence-electron chi connectivity index (χ1n) is 12.3. The number of halogens is 18. The van der Waals surface area contributed by atoms with Crippen LogP contribution in [0.25, 0.3) is 0 Å². The van der Waals surface area contributed by atoms with E-state index in [9.17, 15) is 60.1 Å². The van der Waals surface area contributed by atoms with Crippen LogP contribution in [-0.4, -0.2) is 112 Å². The van der Waals surface area contributed by atoms with Crippen LogP contribution < -0.4 is 0 Å². The van der Waals surface area contributed by atoms with Crippen LogP contribution >= 0.6 is 0 Å². The molecule has 0 aromatic carbocycles. The Bertz CT molecular complexity index is 968. The molecule has 0 saturated heterocycles. The minimum absolute atomic E-state index is 0. The average Bonchev–Trinajstić information content (AvgIpc) is 3.39. The Balaban J connectivity index is -0.000000296. The minimum atomic E-state index is -11.2. The summed E-state index contributed by atoms with van der Waals surface area (Å²) in [6.07, 6.45) is -8.81. The van der Waals surface area contributed by atoms with E-state index in [0.29, 0.717) is 13.2 Å². The summed E-state index contributed by atoms with van der Waals surface area (Å²) in [7, 11) is 0. The molecule has 0 aromatic heterocycles. The maximum atomic E-state index is 10.5. The third kappa shape index (κ3) is 40.2. The number of ether oxygens (including phenoxy) is 2. The van der Waals surface area contributed by atoms with Gasteiger partial charge < -0.3 is 19.7 Å². The first kappa shape index (κ1) is 54.5. The van der Waals surface area contributed by atoms with E-state index < -0.39 is 64.5 Å². The molecule has 1 radical (unpaired) electrons. The molecule has 48 heavy (non-hydrogen) atoms. The van der Waals surface area contributed by atoms with Gasteiger partial charge in [-0.15, -0.1) is 0 Å². The fourth-order valence-electron chi connectivity index (χ4n) is 2.41. The van der Waals surface area contributed by atoms with Crippen LogP contribution in [0.2, 0.25) is 0 Å². The Morgan fingerprint density at radius 2 is 0.708 bits per heavy atom. The third-order valence-corrected chi connectivity index (χ3v) is 4.73. The van der Waals surface area contributed by atoms with Crippen molar-refractivity contribution in [2.45, 2.75) is 79.8 Å². The molecular weight excluding hydrogens is 993 g/mol. The molecular formula is C21H36CuF18N2O4Sb2. The molecule has 0 aliphatic carbocycles. The van der Waals surface area contributed by atoms with E-state index in [1.165, 1.54) is 0 Å². The Morgan fingerprint density at radius 1 is 0.542 bits per heavy atom. The third-order valence-electron chi connectivity index (χ3n) is 4.73. The topological polar surface area (TPSA) is 83.6 Å². The van der Waals surface area contributed by atoms with Crippen molar-refractivity contribution in [3.8, 4) is 0 Å². The zero-order valence-corrected chi connectivity index (χ0v) is 32.1. The number of hydrogen-bond acceptors (Lipinski definition) is 6. The normalized spacial score (nSPS) is 21.6. The van der Waals surface area contributed by atoms with E-state index in [1.807, 2.05) is 0 Å². The molecule has 6 nitrogen and oxygen atoms in total. The van der Waals surface area contributed by atoms with Gasteiger partial charge in [0.2, 0.25) is 0 Å². The first-order chi connectivity index (χ1) is 19.4. The molecule has 301 valence electrons. The summed E-state index contributed by atoms with van der Waals surface area (Å²) in [5.41, 5.74) is -0.158. The molecule has 0 unspecified atom stereocenters. The first-order valence-corrected chi connectivity index (χ1v) is 23.9. The SMILES string of the molecule is CC(C)(C1=N[C@@H](C(C)(C)C)CO1)C1=N[C@@H](C(C)(C)C)CO1.OCC(F)(F)F.OCC(F)(F)F.[Cu+2].[F][Sb-]([F])([F])([F])([F])[F].[F][Sb-]([F])([F])([F])([F])[F]. The number of rotatable bonds is 2. The molecule has 27 heteroatoms. The number of alkyl halides is 6. The van der Waals surface area contributed by atoms with E-state index >= 15 is 0 Å². The van der Waals surface area contributed by atoms with Gasteiger partial charge in [0.25, 0.3) is 0 Å². The van der Waals surface area contributed by atoms with E-state index in [4.69, 9.17) is 29.7 Å². The van der Waals surface area contributed by atoms with Crippen molar-refractivity contribution in [2.24, 2.45) is 26.2 Å². The van der Waals surface area contributed by atoms with Gasteiger partial charge in [-0.3, -0.25) is 0 Å². The van der Waals surface area contributed by atoms with E-state index in [0.717, 1.165) is 11.8 Å². The van der Waals surface area contributed by atoms with Gasteiger partial charge in [0.05, 0.1) is 12.1 Å². The second-order valence-electron chi connectivity index (χ2n) is 12.3. The van der Waals surface area contributed by atoms with Gasteiger partial charge in [0.1, 0.15) is 31.8 Å². The predicted molar refractivity (Wildman–Crippen MR) is 138 cm³/mol. The Labute approximate surface area is 279 Å². The van der Waals surface area contributed by atoms with Crippen molar-refractivity contribution < 1.29 is 96.9 Å². The van der Waals surface area contributed by atoms with Crippen LogP contribution in [0, 0.1) is 16.2 Å². The van der Waals surface area contributed by atoms with Crippen molar-refractivity contribution in [2.75, 3.05) is 26.4 Å². The molecule has 0 spiro atoms. The van der Waals surface area contributed by atoms with Crippen molar-refractivity contribution in [3.63, 3.8) is 0 Å². The summed E-state index contributed by atoms with van der Waals surface area (Å²) in [5.74, 6) is 1.52. The quantitative estimate of drug-likeness (QED) is 0.214. The Hall–Kier alpha value is -0.244. The standard InChI is InChI=1S/C17H30N2O2.2C2H3F3O.Cu.12FH.2Sb/c1-15(2,3)11-9-20-13(18-11)17(7,8)14-19-12(10-21-14)16(4,5)6;2*3-2(4,5)1-6;;;;;;;;;;;;;;;/h11-12H,9-10H2,1-8H3;2*6H,1H2;;12*1H;;/q;;;+2;;;;;;;;;;;;;2*+5/p-12/t11-,12-;;;;;;;;;;;;;;;;;/m1................./s1. The van der Waals surface area contributed by atoms with Gasteiger partial charge in [-0.2, -0.15) is 26.3 Å². The maximum absolute atomic E-state index is 11.2. The Kier molecular flexibility index (Phi) is 17.5. The van der Waals surface area contributed by atoms with Gasteiger partial charge in [-0.05, 0) is 24.7 Å². The second kappa shape index (κ2) is 15.4. The molecule has 2 atom stereocenters. The molecule has 0 fully saturated rings. The van der Waals surface area contributed by atoms with Crippen LogP contribution in [0.15, 0.2) is 9.98 Å². The fraction of sp³-hybridized carbons (Fsp3) is 0.905. The van der Waals surface area contributed by atoms with E-state index in [-0.39, 0.29) is 45.4 Å². The monoisotopic (exact) mass is 1030 g/mol. The molecule has 0 amide bonds. The van der Waals surface area contributed by atoms with Gasteiger partial charge in [0, 0.05) is 0 Å². The molecule has 2 rings (SSSR count). The number of nitrogens with zero attached hydrogens (tertiary/aromatic N) is 2. The van der Waals surface area contributed by atoms with E-state index in [2.05, 4.69) is 55.4 Å². The molecule has 0 bridgehead atoms. The summed E-state index contributed by atoms with van der Waals surface area (Å²) in [6.45, 7) is 15.2. The summed E-state index contributed by atoms with van der Waals surface area (Å²) in [5, 5.41) is 14.6. The molecule has 2 heterocycles. The number of aliphatic imine (C=N–C) groups is 2. The summed E-state index contributed by atoms with van der Waals surface area (Å²) in [6, 6.07) is 0.402. The zero-order chi connectivity index (χ0) is 39.3. The van der Waals surface area contributed by atoms with Crippen LogP contribution in [0.1, 0.15) is 55.4 Å². The number of aliphatic hydroxyl groups excluding tert-OH is 2. The van der Waals surface area contributed by atoms with Gasteiger partial charge >= 0.3 is 102 Å². The van der Waals surface area contributed by atoms with E-state index in [1.54, 1.807) is 0 Å². The predicted octanol–water partition coefficient (Wildman–Crippen LogP) is 9.06. The Morgan fingerprint density at radius 3 is 0.812 bits per heavy atom. The zero-order valence-electron chi connectivity index (χ0n) is 26.1. The molecule has 0 aromatic rings. The summed E-state index contributed by atoms with van der Waals surface area (Å²) in [4.78, 5) is 9.59. The fourth-order valence-corrected chi connectivity index (χ4v) is 2.41. The van der Waals surface area contributed by atoms with Crippen LogP contribution in [-0.2, 0) is 26.5 Å². The van der Waals surface area contributed by atoms with Crippen molar-refractivity contribution in [1.82, 2.24) is 0 Å². The van der Waals surface area contributed by atoms with Crippen molar-refractivity contribution in [1.29, 1.82) is 0 Å². The average molecular weight is 1030 g/mol. The van der Waals surface area contributed by atoms with Crippen LogP contribution in [0.3, 0.4) is 0 Å². The van der Waals surface area contributed by atoms with Gasteiger partial charge in [-0.1, -0.05) is 41.5 Å². The molecule has 2 aliphatic heterocycles. The molecule has 2 aliphatic rings. The number of hydrogen-bond donors (Lipinski definition) is 2. The second-order valence-corrected chi connectivity index (χ2v) is 23.3.